The van der Waals surface area contributed by atoms with Crippen LogP contribution < -0.4 is 5.56 Å². The van der Waals surface area contributed by atoms with Crippen LogP contribution >= 0.6 is 0 Å². The number of H-pyrrole nitrogens is 1. The van der Waals surface area contributed by atoms with Crippen molar-refractivity contribution in [3.8, 4) is 0 Å². The molecule has 1 aromatic heterocycles. The normalized spacial score (nSPS) is 12.2. The number of allylic oxidation sites excluding steroid dienone is 4. The van der Waals surface area contributed by atoms with Gasteiger partial charge >= 0.3 is 5.97 Å². The number of hydrogen-bond donors (Lipinski definition) is 2. The Labute approximate surface area is 109 Å². The molecule has 1 aromatic rings. The highest BCUT2D eigenvalue weighted by atomic mass is 16.4. The lowest BCUT2D eigenvalue weighted by molar-refractivity contribution is -0.132. The largest absolute Gasteiger partial charge is 0.486 e. The van der Waals surface area contributed by atoms with Crippen LogP contribution in [0.25, 0.3) is 10.9 Å². The SMILES string of the molecule is [C-]#[N+]\C(=C/C=C/C=C/c1c(C)[nH]n(C)c1=O)C(=O)O. The molecule has 1 heterocycles. The summed E-state index contributed by atoms with van der Waals surface area (Å²) in [4.78, 5) is 25.0. The molecule has 1 rings (SSSR count). The number of aliphatic carboxylic acids is 1. The number of carbonyl (C=O) groups is 1. The highest BCUT2D eigenvalue weighted by Crippen LogP contribution is 2.02. The molecule has 0 bridgehead atoms. The van der Waals surface area contributed by atoms with E-state index in [-0.39, 0.29) is 11.3 Å². The predicted octanol–water partition coefficient (Wildman–Crippen LogP) is 1.48. The van der Waals surface area contributed by atoms with Crippen LogP contribution in [0.2, 0.25) is 0 Å². The summed E-state index contributed by atoms with van der Waals surface area (Å²) in [6, 6.07) is 0. The van der Waals surface area contributed by atoms with Crippen molar-refractivity contribution in [3.63, 3.8) is 0 Å². The van der Waals surface area contributed by atoms with E-state index in [1.54, 1.807) is 32.2 Å². The van der Waals surface area contributed by atoms with Crippen LogP contribution in [0, 0.1) is 13.5 Å². The standard InChI is InChI=1S/C13H13N3O3/c1-9-10(12(17)16(3)15-9)7-5-4-6-8-11(14-2)13(18)19/h4-8,15H,1,3H3,(H,18,19)/b6-4+,7-5+,11-8-. The first-order valence-electron chi connectivity index (χ1n) is 5.38. The van der Waals surface area contributed by atoms with E-state index in [2.05, 4.69) is 9.94 Å². The van der Waals surface area contributed by atoms with Crippen molar-refractivity contribution in [1.29, 1.82) is 0 Å². The molecule has 0 aliphatic heterocycles. The fourth-order valence-electron chi connectivity index (χ4n) is 1.42. The number of nitrogens with one attached hydrogen (secondary N) is 1. The molecule has 6 nitrogen and oxygen atoms in total. The molecule has 98 valence electrons. The number of rotatable bonds is 4. The van der Waals surface area contributed by atoms with E-state index in [9.17, 15) is 9.59 Å². The summed E-state index contributed by atoms with van der Waals surface area (Å²) in [7, 11) is 1.63. The summed E-state index contributed by atoms with van der Waals surface area (Å²) < 4.78 is 1.38. The van der Waals surface area contributed by atoms with Gasteiger partial charge in [-0.15, -0.1) is 0 Å². The molecule has 0 fully saturated rings. The third-order valence-electron chi connectivity index (χ3n) is 2.35. The first kappa shape index (κ1) is 14.3. The quantitative estimate of drug-likeness (QED) is 0.488. The van der Waals surface area contributed by atoms with Gasteiger partial charge in [-0.25, -0.2) is 4.85 Å². The van der Waals surface area contributed by atoms with Crippen LogP contribution in [-0.2, 0) is 11.8 Å². The second-order valence-corrected chi connectivity index (χ2v) is 3.73. The summed E-state index contributed by atoms with van der Waals surface area (Å²) in [5, 5.41) is 11.5. The highest BCUT2D eigenvalue weighted by molar-refractivity contribution is 5.88. The molecule has 0 spiro atoms. The average Bonchev–Trinajstić information content (AvgIpc) is 2.59. The van der Waals surface area contributed by atoms with Crippen LogP contribution in [0.3, 0.4) is 0 Å². The molecule has 6 heteroatoms. The van der Waals surface area contributed by atoms with Crippen molar-refractivity contribution in [1.82, 2.24) is 9.78 Å². The number of aromatic nitrogens is 2. The van der Waals surface area contributed by atoms with Crippen LogP contribution in [0.5, 0.6) is 0 Å². The van der Waals surface area contributed by atoms with Gasteiger partial charge in [-0.2, -0.15) is 0 Å². The minimum absolute atomic E-state index is 0.134. The lowest BCUT2D eigenvalue weighted by atomic mass is 10.2. The fraction of sp³-hybridized carbons (Fsp3) is 0.154. The molecule has 0 aliphatic rings. The zero-order chi connectivity index (χ0) is 14.4. The highest BCUT2D eigenvalue weighted by Gasteiger charge is 2.04. The maximum atomic E-state index is 11.6. The van der Waals surface area contributed by atoms with Gasteiger partial charge in [0.2, 0.25) is 0 Å². The van der Waals surface area contributed by atoms with Crippen molar-refractivity contribution in [2.45, 2.75) is 6.92 Å². The van der Waals surface area contributed by atoms with Gasteiger partial charge in [0.05, 0.1) is 12.1 Å². The van der Waals surface area contributed by atoms with E-state index < -0.39 is 5.97 Å². The zero-order valence-corrected chi connectivity index (χ0v) is 10.5. The Morgan fingerprint density at radius 3 is 2.58 bits per heavy atom. The summed E-state index contributed by atoms with van der Waals surface area (Å²) in [5.41, 5.74) is 0.795. The second-order valence-electron chi connectivity index (χ2n) is 3.73. The van der Waals surface area contributed by atoms with E-state index in [1.165, 1.54) is 16.8 Å². The van der Waals surface area contributed by atoms with Crippen molar-refractivity contribution >= 4 is 12.0 Å². The molecule has 0 unspecified atom stereocenters. The molecular formula is C13H13N3O3. The van der Waals surface area contributed by atoms with Gasteiger partial charge in [-0.05, 0) is 19.1 Å². The lowest BCUT2D eigenvalue weighted by Gasteiger charge is -1.85. The Bertz CT molecular complexity index is 666. The molecule has 2 N–H and O–H groups in total. The van der Waals surface area contributed by atoms with Crippen LogP contribution in [0.4, 0.5) is 0 Å². The second kappa shape index (κ2) is 6.21. The molecule has 0 radical (unpaired) electrons. The minimum Gasteiger partial charge on any atom is -0.486 e. The topological polar surface area (TPSA) is 79.5 Å². The predicted molar refractivity (Wildman–Crippen MR) is 71.3 cm³/mol. The molecule has 0 aliphatic carbocycles. The number of aromatic amines is 1. The molecule has 0 atom stereocenters. The first-order chi connectivity index (χ1) is 8.97. The third kappa shape index (κ3) is 3.57. The van der Waals surface area contributed by atoms with Gasteiger partial charge in [0.1, 0.15) is 0 Å². The van der Waals surface area contributed by atoms with E-state index >= 15 is 0 Å². The smallest absolute Gasteiger partial charge is 0.333 e. The third-order valence-corrected chi connectivity index (χ3v) is 2.35. The summed E-state index contributed by atoms with van der Waals surface area (Å²) in [5.74, 6) is -1.26. The molecule has 19 heavy (non-hydrogen) atoms. The fourth-order valence-corrected chi connectivity index (χ4v) is 1.42. The van der Waals surface area contributed by atoms with E-state index in [0.29, 0.717) is 5.56 Å². The number of carboxylic acid groups (broad SMARTS) is 1. The first-order valence-corrected chi connectivity index (χ1v) is 5.38. The van der Waals surface area contributed by atoms with Crippen molar-refractivity contribution in [2.75, 3.05) is 0 Å². The minimum atomic E-state index is -1.26. The molecular weight excluding hydrogens is 246 g/mol. The lowest BCUT2D eigenvalue weighted by Crippen LogP contribution is -2.13. The van der Waals surface area contributed by atoms with Gasteiger partial charge in [0.15, 0.2) is 0 Å². The number of hydrogen-bond acceptors (Lipinski definition) is 2. The monoisotopic (exact) mass is 259 g/mol. The Hall–Kier alpha value is -2.81. The molecule has 0 amide bonds. The molecule has 0 aromatic carbocycles. The van der Waals surface area contributed by atoms with Crippen molar-refractivity contribution < 1.29 is 9.90 Å². The Balaban J connectivity index is 2.83. The summed E-state index contributed by atoms with van der Waals surface area (Å²) in [6.07, 6.45) is 7.42. The maximum absolute atomic E-state index is 11.6. The Morgan fingerprint density at radius 1 is 1.42 bits per heavy atom. The van der Waals surface area contributed by atoms with Crippen molar-refractivity contribution in [3.05, 3.63) is 63.0 Å². The number of aryl methyl sites for hydroxylation is 2. The van der Waals surface area contributed by atoms with E-state index in [4.69, 9.17) is 11.7 Å². The maximum Gasteiger partial charge on any atom is 0.333 e. The van der Waals surface area contributed by atoms with E-state index in [1.807, 2.05) is 0 Å². The summed E-state index contributed by atoms with van der Waals surface area (Å²) in [6.45, 7) is 8.42. The Morgan fingerprint density at radius 2 is 2.11 bits per heavy atom. The van der Waals surface area contributed by atoms with Crippen LogP contribution in [-0.4, -0.2) is 20.9 Å². The van der Waals surface area contributed by atoms with Crippen LogP contribution in [0.1, 0.15) is 11.3 Å². The number of nitrogens with zero attached hydrogens (tertiary/aromatic N) is 2. The summed E-state index contributed by atoms with van der Waals surface area (Å²) >= 11 is 0. The van der Waals surface area contributed by atoms with Crippen molar-refractivity contribution in [2.24, 2.45) is 7.05 Å². The van der Waals surface area contributed by atoms with Gasteiger partial charge in [0, 0.05) is 12.7 Å². The molecule has 0 saturated carbocycles. The Kier molecular flexibility index (Phi) is 4.66. The van der Waals surface area contributed by atoms with Gasteiger partial charge < -0.3 is 5.11 Å². The number of carboxylic acids is 1. The molecule has 0 saturated heterocycles. The van der Waals surface area contributed by atoms with Crippen LogP contribution in [0.15, 0.2) is 34.8 Å². The van der Waals surface area contributed by atoms with Gasteiger partial charge in [0.25, 0.3) is 11.3 Å². The van der Waals surface area contributed by atoms with Gasteiger partial charge in [-0.1, -0.05) is 18.2 Å². The average molecular weight is 259 g/mol. The van der Waals surface area contributed by atoms with Gasteiger partial charge in [-0.3, -0.25) is 19.4 Å². The zero-order valence-electron chi connectivity index (χ0n) is 10.5. The van der Waals surface area contributed by atoms with E-state index in [0.717, 1.165) is 5.69 Å².